The zero-order valence-electron chi connectivity index (χ0n) is 11.8. The van der Waals surface area contributed by atoms with Crippen molar-refractivity contribution in [1.29, 1.82) is 0 Å². The Kier molecular flexibility index (Phi) is 4.45. The number of hydrogen-bond acceptors (Lipinski definition) is 4. The Morgan fingerprint density at radius 3 is 2.60 bits per heavy atom. The summed E-state index contributed by atoms with van der Waals surface area (Å²) in [5.74, 6) is 1.53. The van der Waals surface area contributed by atoms with E-state index in [4.69, 9.17) is 27.1 Å². The van der Waals surface area contributed by atoms with Crippen molar-refractivity contribution in [3.63, 3.8) is 0 Å². The molecule has 1 amide bonds. The average molecular weight is 296 g/mol. The normalized spacial score (nSPS) is 17.7. The zero-order chi connectivity index (χ0) is 14.8. The third kappa shape index (κ3) is 2.86. The SMILES string of the molecule is Cc1ccc(CN(C)C(=O)C2(C(N)=S)CCOCC2)o1. The summed E-state index contributed by atoms with van der Waals surface area (Å²) in [7, 11) is 1.75. The molecule has 1 aromatic rings. The van der Waals surface area contributed by atoms with Gasteiger partial charge in [0.2, 0.25) is 5.91 Å². The first-order valence-electron chi connectivity index (χ1n) is 6.64. The summed E-state index contributed by atoms with van der Waals surface area (Å²) in [6.45, 7) is 3.31. The highest BCUT2D eigenvalue weighted by Crippen LogP contribution is 2.33. The van der Waals surface area contributed by atoms with Gasteiger partial charge in [0.05, 0.1) is 11.5 Å². The van der Waals surface area contributed by atoms with Crippen molar-refractivity contribution < 1.29 is 13.9 Å². The van der Waals surface area contributed by atoms with E-state index in [2.05, 4.69) is 0 Å². The molecule has 0 radical (unpaired) electrons. The summed E-state index contributed by atoms with van der Waals surface area (Å²) in [5, 5.41) is 0. The van der Waals surface area contributed by atoms with Crippen LogP contribution in [0.4, 0.5) is 0 Å². The quantitative estimate of drug-likeness (QED) is 0.855. The highest BCUT2D eigenvalue weighted by Gasteiger charge is 2.44. The third-order valence-corrected chi connectivity index (χ3v) is 4.15. The van der Waals surface area contributed by atoms with Crippen molar-refractivity contribution in [2.75, 3.05) is 20.3 Å². The minimum absolute atomic E-state index is 0.0534. The molecule has 6 heteroatoms. The van der Waals surface area contributed by atoms with Gasteiger partial charge in [0.25, 0.3) is 0 Å². The largest absolute Gasteiger partial charge is 0.464 e. The van der Waals surface area contributed by atoms with Gasteiger partial charge in [-0.2, -0.15) is 0 Å². The van der Waals surface area contributed by atoms with Gasteiger partial charge in [-0.1, -0.05) is 12.2 Å². The van der Waals surface area contributed by atoms with Gasteiger partial charge >= 0.3 is 0 Å². The van der Waals surface area contributed by atoms with E-state index in [1.807, 2.05) is 19.1 Å². The second kappa shape index (κ2) is 5.93. The first kappa shape index (κ1) is 15.0. The minimum atomic E-state index is -0.774. The highest BCUT2D eigenvalue weighted by atomic mass is 32.1. The molecule has 1 aliphatic rings. The number of ether oxygens (including phenoxy) is 1. The van der Waals surface area contributed by atoms with Crippen LogP contribution >= 0.6 is 12.2 Å². The third-order valence-electron chi connectivity index (χ3n) is 3.76. The summed E-state index contributed by atoms with van der Waals surface area (Å²) in [6, 6.07) is 3.75. The van der Waals surface area contributed by atoms with Gasteiger partial charge in [-0.15, -0.1) is 0 Å². The van der Waals surface area contributed by atoms with Gasteiger partial charge < -0.3 is 19.8 Å². The molecule has 0 bridgehead atoms. The number of amides is 1. The molecule has 1 aromatic heterocycles. The second-order valence-corrected chi connectivity index (χ2v) is 5.67. The lowest BCUT2D eigenvalue weighted by atomic mass is 9.78. The average Bonchev–Trinajstić information content (AvgIpc) is 2.83. The molecule has 1 fully saturated rings. The topological polar surface area (TPSA) is 68.7 Å². The monoisotopic (exact) mass is 296 g/mol. The molecule has 0 unspecified atom stereocenters. The maximum atomic E-state index is 12.7. The van der Waals surface area contributed by atoms with Crippen molar-refractivity contribution in [2.24, 2.45) is 11.1 Å². The van der Waals surface area contributed by atoms with Crippen LogP contribution in [0.3, 0.4) is 0 Å². The predicted molar refractivity (Wildman–Crippen MR) is 79.2 cm³/mol. The van der Waals surface area contributed by atoms with Crippen LogP contribution in [0.5, 0.6) is 0 Å². The molecule has 20 heavy (non-hydrogen) atoms. The Morgan fingerprint density at radius 2 is 2.10 bits per heavy atom. The Hall–Kier alpha value is -1.40. The second-order valence-electron chi connectivity index (χ2n) is 5.23. The molecule has 1 saturated heterocycles. The van der Waals surface area contributed by atoms with Crippen LogP contribution in [0.15, 0.2) is 16.5 Å². The lowest BCUT2D eigenvalue weighted by molar-refractivity contribution is -0.141. The van der Waals surface area contributed by atoms with Crippen molar-refractivity contribution in [3.8, 4) is 0 Å². The molecule has 2 rings (SSSR count). The van der Waals surface area contributed by atoms with Crippen molar-refractivity contribution in [2.45, 2.75) is 26.3 Å². The molecule has 0 saturated carbocycles. The van der Waals surface area contributed by atoms with Gasteiger partial charge in [0.15, 0.2) is 0 Å². The Morgan fingerprint density at radius 1 is 1.45 bits per heavy atom. The number of carbonyl (C=O) groups is 1. The highest BCUT2D eigenvalue weighted by molar-refractivity contribution is 7.80. The number of furan rings is 1. The molecule has 2 heterocycles. The maximum Gasteiger partial charge on any atom is 0.235 e. The molecular weight excluding hydrogens is 276 g/mol. The van der Waals surface area contributed by atoms with Gasteiger partial charge in [0.1, 0.15) is 16.9 Å². The zero-order valence-corrected chi connectivity index (χ0v) is 12.7. The number of thiocarbonyl (C=S) groups is 1. The smallest absolute Gasteiger partial charge is 0.235 e. The number of rotatable bonds is 4. The van der Waals surface area contributed by atoms with Crippen LogP contribution in [-0.2, 0) is 16.1 Å². The van der Waals surface area contributed by atoms with Crippen molar-refractivity contribution in [3.05, 3.63) is 23.7 Å². The molecule has 2 N–H and O–H groups in total. The van der Waals surface area contributed by atoms with Crippen LogP contribution in [0, 0.1) is 12.3 Å². The van der Waals surface area contributed by atoms with Crippen LogP contribution in [0.25, 0.3) is 0 Å². The standard InChI is InChI=1S/C14H20N2O3S/c1-10-3-4-11(19-10)9-16(2)13(17)14(12(15)20)5-7-18-8-6-14/h3-4H,5-9H2,1-2H3,(H2,15,20). The maximum absolute atomic E-state index is 12.7. The number of nitrogens with zero attached hydrogens (tertiary/aromatic N) is 1. The Labute approximate surface area is 124 Å². The Bertz CT molecular complexity index is 506. The first-order chi connectivity index (χ1) is 9.45. The summed E-state index contributed by atoms with van der Waals surface area (Å²) >= 11 is 5.14. The van der Waals surface area contributed by atoms with E-state index in [9.17, 15) is 4.79 Å². The van der Waals surface area contributed by atoms with Gasteiger partial charge in [-0.25, -0.2) is 0 Å². The van der Waals surface area contributed by atoms with Crippen molar-refractivity contribution in [1.82, 2.24) is 4.90 Å². The van der Waals surface area contributed by atoms with E-state index in [1.54, 1.807) is 11.9 Å². The van der Waals surface area contributed by atoms with E-state index >= 15 is 0 Å². The first-order valence-corrected chi connectivity index (χ1v) is 7.05. The molecule has 110 valence electrons. The van der Waals surface area contributed by atoms with E-state index < -0.39 is 5.41 Å². The lowest BCUT2D eigenvalue weighted by Gasteiger charge is -2.37. The van der Waals surface area contributed by atoms with Crippen LogP contribution in [0.2, 0.25) is 0 Å². The van der Waals surface area contributed by atoms with Gasteiger partial charge in [-0.3, -0.25) is 4.79 Å². The summed E-state index contributed by atoms with van der Waals surface area (Å²) in [6.07, 6.45) is 1.09. The molecular formula is C14H20N2O3S. The van der Waals surface area contributed by atoms with Crippen LogP contribution in [-0.4, -0.2) is 36.1 Å². The van der Waals surface area contributed by atoms with Gasteiger partial charge in [0, 0.05) is 20.3 Å². The lowest BCUT2D eigenvalue weighted by Crippen LogP contribution is -2.52. The summed E-state index contributed by atoms with van der Waals surface area (Å²) < 4.78 is 10.8. The Balaban J connectivity index is 2.12. The molecule has 0 aliphatic carbocycles. The van der Waals surface area contributed by atoms with Crippen LogP contribution < -0.4 is 5.73 Å². The number of hydrogen-bond donors (Lipinski definition) is 1. The van der Waals surface area contributed by atoms with Crippen molar-refractivity contribution >= 4 is 23.1 Å². The number of carbonyl (C=O) groups excluding carboxylic acids is 1. The number of nitrogens with two attached hydrogens (primary N) is 1. The van der Waals surface area contributed by atoms with E-state index in [1.165, 1.54) is 0 Å². The molecule has 1 aliphatic heterocycles. The summed E-state index contributed by atoms with van der Waals surface area (Å²) in [4.78, 5) is 14.6. The van der Waals surface area contributed by atoms with E-state index in [0.717, 1.165) is 11.5 Å². The fourth-order valence-corrected chi connectivity index (χ4v) is 2.82. The molecule has 0 spiro atoms. The minimum Gasteiger partial charge on any atom is -0.464 e. The summed E-state index contributed by atoms with van der Waals surface area (Å²) in [5.41, 5.74) is 5.07. The predicted octanol–water partition coefficient (Wildman–Crippen LogP) is 1.63. The number of aryl methyl sites for hydroxylation is 1. The fraction of sp³-hybridized carbons (Fsp3) is 0.571. The van der Waals surface area contributed by atoms with Crippen LogP contribution in [0.1, 0.15) is 24.4 Å². The molecule has 5 nitrogen and oxygen atoms in total. The van der Waals surface area contributed by atoms with E-state index in [0.29, 0.717) is 32.6 Å². The van der Waals surface area contributed by atoms with Gasteiger partial charge in [-0.05, 0) is 31.9 Å². The van der Waals surface area contributed by atoms with E-state index in [-0.39, 0.29) is 10.9 Å². The molecule has 0 aromatic carbocycles. The fourth-order valence-electron chi connectivity index (χ4n) is 2.53. The molecule has 0 atom stereocenters.